The van der Waals surface area contributed by atoms with Gasteiger partial charge >= 0.3 is 6.09 Å². The lowest BCUT2D eigenvalue weighted by Gasteiger charge is -2.45. The number of amides is 1. The lowest BCUT2D eigenvalue weighted by molar-refractivity contribution is 0.00151. The van der Waals surface area contributed by atoms with Crippen LogP contribution in [0.1, 0.15) is 53.9 Å². The van der Waals surface area contributed by atoms with Crippen molar-refractivity contribution < 1.29 is 9.53 Å². The first-order valence-electron chi connectivity index (χ1n) is 8.00. The van der Waals surface area contributed by atoms with E-state index < -0.39 is 5.60 Å². The van der Waals surface area contributed by atoms with E-state index >= 15 is 0 Å². The number of rotatable bonds is 2. The number of nitrogens with one attached hydrogen (secondary N) is 1. The highest BCUT2D eigenvalue weighted by Crippen LogP contribution is 2.30. The Hall–Kier alpha value is -0.770. The van der Waals surface area contributed by atoms with Gasteiger partial charge in [0.25, 0.3) is 0 Å². The summed E-state index contributed by atoms with van der Waals surface area (Å²) in [6.45, 7) is 12.0. The zero-order chi connectivity index (χ0) is 14.9. The second kappa shape index (κ2) is 5.92. The summed E-state index contributed by atoms with van der Waals surface area (Å²) >= 11 is 0. The van der Waals surface area contributed by atoms with Crippen molar-refractivity contribution in [3.05, 3.63) is 0 Å². The van der Waals surface area contributed by atoms with Gasteiger partial charge in [-0.25, -0.2) is 4.79 Å². The van der Waals surface area contributed by atoms with Gasteiger partial charge in [-0.3, -0.25) is 0 Å². The summed E-state index contributed by atoms with van der Waals surface area (Å²) in [5.41, 5.74) is -0.401. The highest BCUT2D eigenvalue weighted by molar-refractivity contribution is 5.69. The van der Waals surface area contributed by atoms with Crippen LogP contribution in [0, 0.1) is 11.8 Å². The molecular formula is C16H30N2O2. The third-order valence-electron chi connectivity index (χ3n) is 4.51. The van der Waals surface area contributed by atoms with Crippen molar-refractivity contribution in [1.82, 2.24) is 10.2 Å². The third kappa shape index (κ3) is 3.87. The number of nitrogens with zero attached hydrogens (tertiary/aromatic N) is 1. The Morgan fingerprint density at radius 1 is 1.15 bits per heavy atom. The quantitative estimate of drug-likeness (QED) is 0.846. The minimum Gasteiger partial charge on any atom is -0.444 e. The molecule has 1 saturated heterocycles. The van der Waals surface area contributed by atoms with Crippen LogP contribution in [0.3, 0.4) is 0 Å². The molecule has 1 N–H and O–H groups in total. The first kappa shape index (κ1) is 15.6. The molecule has 4 nitrogen and oxygen atoms in total. The van der Waals surface area contributed by atoms with E-state index in [0.717, 1.165) is 24.9 Å². The van der Waals surface area contributed by atoms with E-state index in [4.69, 9.17) is 4.74 Å². The molecule has 1 heterocycles. The van der Waals surface area contributed by atoms with Crippen molar-refractivity contribution in [2.24, 2.45) is 11.8 Å². The molecule has 0 aromatic heterocycles. The van der Waals surface area contributed by atoms with E-state index in [-0.39, 0.29) is 6.09 Å². The third-order valence-corrected chi connectivity index (χ3v) is 4.51. The molecule has 2 atom stereocenters. The molecule has 0 aromatic carbocycles. The molecule has 1 aliphatic heterocycles. The molecular weight excluding hydrogens is 252 g/mol. The highest BCUT2D eigenvalue weighted by atomic mass is 16.6. The molecule has 0 aromatic rings. The molecule has 2 fully saturated rings. The maximum Gasteiger partial charge on any atom is 0.410 e. The van der Waals surface area contributed by atoms with Gasteiger partial charge in [-0.15, -0.1) is 0 Å². The maximum atomic E-state index is 11.9. The summed E-state index contributed by atoms with van der Waals surface area (Å²) in [6, 6.07) is 1.05. The molecule has 4 heteroatoms. The normalized spacial score (nSPS) is 31.9. The lowest BCUT2D eigenvalue weighted by atomic mass is 9.78. The van der Waals surface area contributed by atoms with Crippen LogP contribution < -0.4 is 5.32 Å². The number of likely N-dealkylation sites (tertiary alicyclic amines) is 1. The molecule has 20 heavy (non-hydrogen) atoms. The van der Waals surface area contributed by atoms with E-state index in [9.17, 15) is 4.79 Å². The van der Waals surface area contributed by atoms with Crippen LogP contribution in [-0.2, 0) is 4.74 Å². The summed E-state index contributed by atoms with van der Waals surface area (Å²) in [6.07, 6.45) is 3.82. The van der Waals surface area contributed by atoms with E-state index in [1.54, 1.807) is 4.90 Å². The number of carbonyl (C=O) groups is 1. The molecule has 1 aliphatic carbocycles. The minimum atomic E-state index is -0.401. The van der Waals surface area contributed by atoms with E-state index in [1.165, 1.54) is 19.3 Å². The standard InChI is InChI=1S/C16H30N2O2/c1-11-7-6-8-12(2)14(11)17-13-9-18(10-13)15(19)20-16(3,4)5/h11-14,17H,6-10H2,1-5H3. The Kier molecular flexibility index (Phi) is 4.62. The van der Waals surface area contributed by atoms with Gasteiger partial charge in [0.05, 0.1) is 0 Å². The SMILES string of the molecule is CC1CCCC(C)C1NC1CN(C(=O)OC(C)(C)C)C1. The molecule has 2 rings (SSSR count). The van der Waals surface area contributed by atoms with Gasteiger partial charge < -0.3 is 15.0 Å². The van der Waals surface area contributed by atoms with Gasteiger partial charge in [-0.1, -0.05) is 20.3 Å². The predicted molar refractivity (Wildman–Crippen MR) is 80.7 cm³/mol. The summed E-state index contributed by atoms with van der Waals surface area (Å²) < 4.78 is 5.38. The average Bonchev–Trinajstić information content (AvgIpc) is 2.23. The number of hydrogen-bond acceptors (Lipinski definition) is 3. The van der Waals surface area contributed by atoms with Gasteiger partial charge in [-0.2, -0.15) is 0 Å². The number of carbonyl (C=O) groups excluding carboxylic acids is 1. The Balaban J connectivity index is 1.75. The fourth-order valence-electron chi connectivity index (χ4n) is 3.34. The zero-order valence-electron chi connectivity index (χ0n) is 13.6. The van der Waals surface area contributed by atoms with Gasteiger partial charge in [0.2, 0.25) is 0 Å². The predicted octanol–water partition coefficient (Wildman–Crippen LogP) is 3.02. The van der Waals surface area contributed by atoms with Gasteiger partial charge in [0.1, 0.15) is 5.60 Å². The largest absolute Gasteiger partial charge is 0.444 e. The Morgan fingerprint density at radius 3 is 2.20 bits per heavy atom. The first-order chi connectivity index (χ1) is 9.26. The van der Waals surface area contributed by atoms with E-state index in [1.807, 2.05) is 20.8 Å². The van der Waals surface area contributed by atoms with Crippen molar-refractivity contribution in [2.45, 2.75) is 71.6 Å². The van der Waals surface area contributed by atoms with Gasteiger partial charge in [0, 0.05) is 25.2 Å². The summed E-state index contributed by atoms with van der Waals surface area (Å²) in [7, 11) is 0. The van der Waals surface area contributed by atoms with Gasteiger partial charge in [-0.05, 0) is 45.4 Å². The van der Waals surface area contributed by atoms with Crippen molar-refractivity contribution >= 4 is 6.09 Å². The van der Waals surface area contributed by atoms with Crippen molar-refractivity contribution in [3.8, 4) is 0 Å². The topological polar surface area (TPSA) is 41.6 Å². The number of hydrogen-bond donors (Lipinski definition) is 1. The monoisotopic (exact) mass is 282 g/mol. The molecule has 0 radical (unpaired) electrons. The molecule has 0 spiro atoms. The van der Waals surface area contributed by atoms with Gasteiger partial charge in [0.15, 0.2) is 0 Å². The summed E-state index contributed by atoms with van der Waals surface area (Å²) in [5.74, 6) is 1.49. The maximum absolute atomic E-state index is 11.9. The van der Waals surface area contributed by atoms with Crippen LogP contribution in [0.5, 0.6) is 0 Å². The molecule has 2 aliphatic rings. The zero-order valence-corrected chi connectivity index (χ0v) is 13.6. The van der Waals surface area contributed by atoms with Crippen LogP contribution in [0.25, 0.3) is 0 Å². The van der Waals surface area contributed by atoms with Crippen molar-refractivity contribution in [1.29, 1.82) is 0 Å². The number of ether oxygens (including phenoxy) is 1. The Labute approximate surface area is 123 Å². The smallest absolute Gasteiger partial charge is 0.410 e. The second-order valence-corrected chi connectivity index (χ2v) is 7.66. The van der Waals surface area contributed by atoms with E-state index in [0.29, 0.717) is 12.1 Å². The van der Waals surface area contributed by atoms with Crippen molar-refractivity contribution in [2.75, 3.05) is 13.1 Å². The Morgan fingerprint density at radius 2 is 1.70 bits per heavy atom. The molecule has 1 saturated carbocycles. The van der Waals surface area contributed by atoms with Crippen LogP contribution in [0.15, 0.2) is 0 Å². The van der Waals surface area contributed by atoms with Crippen molar-refractivity contribution in [3.63, 3.8) is 0 Å². The van der Waals surface area contributed by atoms with Crippen LogP contribution >= 0.6 is 0 Å². The second-order valence-electron chi connectivity index (χ2n) is 7.66. The molecule has 1 amide bonds. The highest BCUT2D eigenvalue weighted by Gasteiger charge is 2.37. The lowest BCUT2D eigenvalue weighted by Crippen LogP contribution is -2.64. The molecule has 0 bridgehead atoms. The van der Waals surface area contributed by atoms with Crippen LogP contribution in [0.4, 0.5) is 4.79 Å². The fraction of sp³-hybridized carbons (Fsp3) is 0.938. The summed E-state index contributed by atoms with van der Waals surface area (Å²) in [5, 5.41) is 3.75. The minimum absolute atomic E-state index is 0.180. The first-order valence-corrected chi connectivity index (χ1v) is 8.00. The van der Waals surface area contributed by atoms with E-state index in [2.05, 4.69) is 19.2 Å². The Bertz CT molecular complexity index is 335. The average molecular weight is 282 g/mol. The molecule has 2 unspecified atom stereocenters. The van der Waals surface area contributed by atoms with Crippen LogP contribution in [0.2, 0.25) is 0 Å². The fourth-order valence-corrected chi connectivity index (χ4v) is 3.34. The van der Waals surface area contributed by atoms with Crippen LogP contribution in [-0.4, -0.2) is 41.8 Å². The summed E-state index contributed by atoms with van der Waals surface area (Å²) in [4.78, 5) is 13.7. The molecule has 116 valence electrons.